The molecule has 4 rings (SSSR count). The van der Waals surface area contributed by atoms with E-state index in [0.29, 0.717) is 18.5 Å². The van der Waals surface area contributed by atoms with Crippen LogP contribution >= 0.6 is 22.6 Å². The molecule has 0 aromatic heterocycles. The van der Waals surface area contributed by atoms with Crippen molar-refractivity contribution in [1.82, 2.24) is 15.1 Å². The van der Waals surface area contributed by atoms with Gasteiger partial charge in [0.05, 0.1) is 6.54 Å². The van der Waals surface area contributed by atoms with E-state index in [4.69, 9.17) is 0 Å². The van der Waals surface area contributed by atoms with E-state index >= 15 is 0 Å². The van der Waals surface area contributed by atoms with E-state index in [1.54, 1.807) is 6.07 Å². The lowest BCUT2D eigenvalue weighted by Crippen LogP contribution is -2.52. The maximum absolute atomic E-state index is 13.0. The van der Waals surface area contributed by atoms with Crippen LogP contribution in [-0.4, -0.2) is 59.1 Å². The molecule has 0 radical (unpaired) electrons. The van der Waals surface area contributed by atoms with E-state index < -0.39 is 11.9 Å². The lowest BCUT2D eigenvalue weighted by atomic mass is 10.0. The van der Waals surface area contributed by atoms with Gasteiger partial charge in [0.2, 0.25) is 17.7 Å². The Labute approximate surface area is 182 Å². The molecule has 0 spiro atoms. The van der Waals surface area contributed by atoms with Gasteiger partial charge in [-0.05, 0) is 66.0 Å². The van der Waals surface area contributed by atoms with Gasteiger partial charge in [0.25, 0.3) is 5.91 Å². The molecule has 2 saturated heterocycles. The fraction of sp³-hybridized carbons (Fsp3) is 0.500. The van der Waals surface area contributed by atoms with E-state index in [1.807, 2.05) is 11.0 Å². The van der Waals surface area contributed by atoms with Gasteiger partial charge in [0.1, 0.15) is 6.04 Å². The topological polar surface area (TPSA) is 98.8 Å². The molecule has 29 heavy (non-hydrogen) atoms. The minimum Gasteiger partial charge on any atom is -0.376 e. The summed E-state index contributed by atoms with van der Waals surface area (Å²) in [6, 6.07) is 3.06. The van der Waals surface area contributed by atoms with Crippen molar-refractivity contribution in [3.05, 3.63) is 26.8 Å². The first-order chi connectivity index (χ1) is 13.9. The van der Waals surface area contributed by atoms with Crippen molar-refractivity contribution in [1.29, 1.82) is 0 Å². The van der Waals surface area contributed by atoms with E-state index in [9.17, 15) is 19.2 Å². The Kier molecular flexibility index (Phi) is 5.75. The summed E-state index contributed by atoms with van der Waals surface area (Å²) in [5.41, 5.74) is 2.15. The zero-order chi connectivity index (χ0) is 20.5. The van der Waals surface area contributed by atoms with Crippen LogP contribution < -0.4 is 10.6 Å². The number of imide groups is 1. The molecule has 2 N–H and O–H groups in total. The number of fused-ring (bicyclic) bond motifs is 1. The third kappa shape index (κ3) is 4.10. The highest BCUT2D eigenvalue weighted by Crippen LogP contribution is 2.33. The molecule has 3 heterocycles. The summed E-state index contributed by atoms with van der Waals surface area (Å²) < 4.78 is 0.913. The Morgan fingerprint density at radius 1 is 1.17 bits per heavy atom. The van der Waals surface area contributed by atoms with Crippen LogP contribution in [0.1, 0.15) is 48.0 Å². The Hall–Kier alpha value is -2.17. The first-order valence-electron chi connectivity index (χ1n) is 9.93. The van der Waals surface area contributed by atoms with Gasteiger partial charge < -0.3 is 15.1 Å². The molecule has 4 amide bonds. The molecule has 8 nitrogen and oxygen atoms in total. The summed E-state index contributed by atoms with van der Waals surface area (Å²) in [6.07, 6.45) is 3.85. The lowest BCUT2D eigenvalue weighted by molar-refractivity contribution is -0.137. The first kappa shape index (κ1) is 20.1. The van der Waals surface area contributed by atoms with Gasteiger partial charge in [-0.25, -0.2) is 0 Å². The summed E-state index contributed by atoms with van der Waals surface area (Å²) in [5, 5.41) is 5.47. The molecule has 0 bridgehead atoms. The summed E-state index contributed by atoms with van der Waals surface area (Å²) in [6.45, 7) is 2.16. The van der Waals surface area contributed by atoms with Gasteiger partial charge in [0.15, 0.2) is 0 Å². The number of anilines is 1. The van der Waals surface area contributed by atoms with Crippen LogP contribution in [0, 0.1) is 3.57 Å². The summed E-state index contributed by atoms with van der Waals surface area (Å²) in [4.78, 5) is 52.4. The van der Waals surface area contributed by atoms with Crippen LogP contribution in [0.5, 0.6) is 0 Å². The smallest absolute Gasteiger partial charge is 0.255 e. The number of hydrogen-bond donors (Lipinski definition) is 2. The third-order valence-corrected chi connectivity index (χ3v) is 6.72. The summed E-state index contributed by atoms with van der Waals surface area (Å²) in [7, 11) is 0. The van der Waals surface area contributed by atoms with Gasteiger partial charge in [-0.1, -0.05) is 0 Å². The fourth-order valence-corrected chi connectivity index (χ4v) is 4.95. The van der Waals surface area contributed by atoms with Gasteiger partial charge >= 0.3 is 0 Å². The molecule has 154 valence electrons. The largest absolute Gasteiger partial charge is 0.376 e. The highest BCUT2D eigenvalue weighted by atomic mass is 127. The summed E-state index contributed by atoms with van der Waals surface area (Å²) in [5.74, 6) is -0.854. The van der Waals surface area contributed by atoms with Crippen molar-refractivity contribution >= 4 is 51.9 Å². The number of carbonyl (C=O) groups is 4. The third-order valence-electron chi connectivity index (χ3n) is 5.75. The van der Waals surface area contributed by atoms with E-state index in [-0.39, 0.29) is 30.7 Å². The van der Waals surface area contributed by atoms with E-state index in [2.05, 4.69) is 33.2 Å². The fourth-order valence-electron chi connectivity index (χ4n) is 4.15. The van der Waals surface area contributed by atoms with Crippen molar-refractivity contribution < 1.29 is 19.2 Å². The molecule has 0 aliphatic carbocycles. The standard InChI is InChI=1S/C20H23IN4O4/c21-15-9-12(22-10-18(27)24-6-2-1-3-7-24)8-13-14(15)11-25(20(13)29)16-4-5-17(26)23-19(16)28/h8-9,16,22H,1-7,10-11H2,(H,23,26,28). The highest BCUT2D eigenvalue weighted by Gasteiger charge is 2.40. The number of halogens is 1. The molecule has 3 aliphatic rings. The molecule has 0 saturated carbocycles. The van der Waals surface area contributed by atoms with Crippen molar-refractivity contribution in [3.8, 4) is 0 Å². The second kappa shape index (κ2) is 8.29. The number of hydrogen-bond acceptors (Lipinski definition) is 5. The van der Waals surface area contributed by atoms with Crippen LogP contribution in [0.4, 0.5) is 5.69 Å². The number of nitrogens with one attached hydrogen (secondary N) is 2. The predicted octanol–water partition coefficient (Wildman–Crippen LogP) is 1.48. The van der Waals surface area contributed by atoms with E-state index in [0.717, 1.165) is 40.8 Å². The van der Waals surface area contributed by atoms with Crippen molar-refractivity contribution in [3.63, 3.8) is 0 Å². The maximum Gasteiger partial charge on any atom is 0.255 e. The average molecular weight is 510 g/mol. The average Bonchev–Trinajstić information content (AvgIpc) is 3.04. The van der Waals surface area contributed by atoms with Crippen LogP contribution in [0.2, 0.25) is 0 Å². The molecule has 2 fully saturated rings. The molecule has 1 aromatic carbocycles. The van der Waals surface area contributed by atoms with Crippen molar-refractivity contribution in [2.75, 3.05) is 25.0 Å². The highest BCUT2D eigenvalue weighted by molar-refractivity contribution is 14.1. The molecule has 1 unspecified atom stereocenters. The van der Waals surface area contributed by atoms with Crippen LogP contribution in [0.15, 0.2) is 12.1 Å². The number of benzene rings is 1. The van der Waals surface area contributed by atoms with E-state index in [1.165, 1.54) is 11.3 Å². The van der Waals surface area contributed by atoms with Gasteiger partial charge in [-0.3, -0.25) is 24.5 Å². The quantitative estimate of drug-likeness (QED) is 0.473. The van der Waals surface area contributed by atoms with Crippen LogP contribution in [0.25, 0.3) is 0 Å². The Balaban J connectivity index is 1.46. The van der Waals surface area contributed by atoms with Crippen LogP contribution in [-0.2, 0) is 20.9 Å². The number of likely N-dealkylation sites (tertiary alicyclic amines) is 1. The lowest BCUT2D eigenvalue weighted by Gasteiger charge is -2.29. The van der Waals surface area contributed by atoms with Crippen molar-refractivity contribution in [2.24, 2.45) is 0 Å². The predicted molar refractivity (Wildman–Crippen MR) is 114 cm³/mol. The molecule has 9 heteroatoms. The van der Waals surface area contributed by atoms with Crippen LogP contribution in [0.3, 0.4) is 0 Å². The number of rotatable bonds is 4. The van der Waals surface area contributed by atoms with Gasteiger partial charge in [-0.2, -0.15) is 0 Å². The Morgan fingerprint density at radius 2 is 1.93 bits per heavy atom. The zero-order valence-electron chi connectivity index (χ0n) is 16.0. The molecule has 1 atom stereocenters. The molecular formula is C20H23IN4O4. The number of amides is 4. The SMILES string of the molecule is O=C1CCC(N2Cc3c(I)cc(NCC(=O)N4CCCCC4)cc3C2=O)C(=O)N1. The van der Waals surface area contributed by atoms with Gasteiger partial charge in [-0.15, -0.1) is 0 Å². The Morgan fingerprint density at radius 3 is 2.66 bits per heavy atom. The monoisotopic (exact) mass is 510 g/mol. The number of nitrogens with zero attached hydrogens (tertiary/aromatic N) is 2. The normalized spacial score (nSPS) is 21.8. The molecular weight excluding hydrogens is 487 g/mol. The maximum atomic E-state index is 13.0. The molecule has 1 aromatic rings. The summed E-state index contributed by atoms with van der Waals surface area (Å²) >= 11 is 2.18. The second-order valence-corrected chi connectivity index (χ2v) is 8.84. The minimum absolute atomic E-state index is 0.0664. The minimum atomic E-state index is -0.625. The molecule has 3 aliphatic heterocycles. The Bertz CT molecular complexity index is 881. The second-order valence-electron chi connectivity index (χ2n) is 7.68. The number of piperidine rings is 2. The van der Waals surface area contributed by atoms with Crippen molar-refractivity contribution in [2.45, 2.75) is 44.7 Å². The number of carbonyl (C=O) groups excluding carboxylic acids is 4. The zero-order valence-corrected chi connectivity index (χ0v) is 18.2. The first-order valence-corrected chi connectivity index (χ1v) is 11.0. The van der Waals surface area contributed by atoms with Gasteiger partial charge in [0, 0.05) is 40.9 Å².